The van der Waals surface area contributed by atoms with Gasteiger partial charge in [0.05, 0.1) is 17.4 Å². The minimum Gasteiger partial charge on any atom is -0.466 e. The summed E-state index contributed by atoms with van der Waals surface area (Å²) in [6.45, 7) is 4.96. The molecule has 2 aromatic rings. The number of furan rings is 1. The molecular weight excluding hydrogens is 292 g/mol. The van der Waals surface area contributed by atoms with E-state index in [4.69, 9.17) is 4.42 Å². The van der Waals surface area contributed by atoms with Crippen molar-refractivity contribution in [2.24, 2.45) is 5.92 Å². The molecule has 122 valence electrons. The Hall–Kier alpha value is -2.14. The highest BCUT2D eigenvalue weighted by Gasteiger charge is 2.30. The molecule has 0 saturated carbocycles. The molecule has 2 aromatic heterocycles. The molecule has 0 radical (unpaired) electrons. The fraction of sp³-hybridized carbons (Fsp3) is 0.444. The van der Waals surface area contributed by atoms with Crippen molar-refractivity contribution in [2.45, 2.75) is 32.8 Å². The second-order valence-electron chi connectivity index (χ2n) is 6.16. The highest BCUT2D eigenvalue weighted by Crippen LogP contribution is 2.30. The van der Waals surface area contributed by atoms with Gasteiger partial charge in [0.25, 0.3) is 5.91 Å². The van der Waals surface area contributed by atoms with E-state index in [9.17, 15) is 9.90 Å². The molecule has 3 heterocycles. The number of carbonyl (C=O) groups excluding carboxylic acids is 1. The summed E-state index contributed by atoms with van der Waals surface area (Å²) in [4.78, 5) is 18.6. The van der Waals surface area contributed by atoms with Crippen LogP contribution in [0.2, 0.25) is 0 Å². The van der Waals surface area contributed by atoms with Gasteiger partial charge in [0.1, 0.15) is 11.5 Å². The molecule has 1 atom stereocenters. The van der Waals surface area contributed by atoms with E-state index in [1.807, 2.05) is 36.9 Å². The van der Waals surface area contributed by atoms with Gasteiger partial charge in [-0.3, -0.25) is 9.78 Å². The number of rotatable bonds is 3. The van der Waals surface area contributed by atoms with Gasteiger partial charge in [-0.1, -0.05) is 6.07 Å². The lowest BCUT2D eigenvalue weighted by molar-refractivity contribution is 0.0446. The molecule has 1 amide bonds. The number of likely N-dealkylation sites (tertiary alicyclic amines) is 1. The average Bonchev–Trinajstić information content (AvgIpc) is 2.93. The number of hydrogen-bond acceptors (Lipinski definition) is 4. The summed E-state index contributed by atoms with van der Waals surface area (Å²) in [5.74, 6) is 1.58. The normalized spacial score (nSPS) is 17.3. The number of hydrogen-bond donors (Lipinski definition) is 1. The van der Waals surface area contributed by atoms with Gasteiger partial charge in [-0.25, -0.2) is 0 Å². The second kappa shape index (κ2) is 6.54. The first kappa shape index (κ1) is 15.7. The summed E-state index contributed by atoms with van der Waals surface area (Å²) in [6.07, 6.45) is 2.69. The molecule has 1 unspecified atom stereocenters. The molecular formula is C18H22N2O3. The monoisotopic (exact) mass is 314 g/mol. The van der Waals surface area contributed by atoms with Gasteiger partial charge in [0.2, 0.25) is 0 Å². The molecule has 1 aliphatic rings. The summed E-state index contributed by atoms with van der Waals surface area (Å²) >= 11 is 0. The number of aliphatic hydroxyl groups excluding tert-OH is 1. The number of piperidine rings is 1. The van der Waals surface area contributed by atoms with E-state index in [1.165, 1.54) is 0 Å². The Morgan fingerprint density at radius 1 is 1.35 bits per heavy atom. The Morgan fingerprint density at radius 3 is 2.65 bits per heavy atom. The molecule has 3 rings (SSSR count). The summed E-state index contributed by atoms with van der Waals surface area (Å²) in [7, 11) is 0. The van der Waals surface area contributed by atoms with Gasteiger partial charge >= 0.3 is 0 Å². The minimum atomic E-state index is -0.564. The van der Waals surface area contributed by atoms with Crippen LogP contribution >= 0.6 is 0 Å². The number of amides is 1. The van der Waals surface area contributed by atoms with E-state index < -0.39 is 6.10 Å². The van der Waals surface area contributed by atoms with Gasteiger partial charge < -0.3 is 14.4 Å². The number of pyridine rings is 1. The zero-order valence-corrected chi connectivity index (χ0v) is 13.5. The smallest absolute Gasteiger partial charge is 0.257 e. The van der Waals surface area contributed by atoms with Crippen LogP contribution in [0.5, 0.6) is 0 Å². The fourth-order valence-electron chi connectivity index (χ4n) is 3.22. The van der Waals surface area contributed by atoms with Crippen LogP contribution in [0.15, 0.2) is 34.9 Å². The van der Waals surface area contributed by atoms with E-state index in [-0.39, 0.29) is 11.8 Å². The van der Waals surface area contributed by atoms with E-state index >= 15 is 0 Å². The zero-order valence-electron chi connectivity index (χ0n) is 13.5. The van der Waals surface area contributed by atoms with E-state index in [1.54, 1.807) is 12.3 Å². The van der Waals surface area contributed by atoms with Crippen molar-refractivity contribution in [1.29, 1.82) is 0 Å². The molecule has 0 aromatic carbocycles. The SMILES string of the molecule is Cc1cc(C(=O)N2CCC(C(O)c3ccccn3)CC2)c(C)o1. The van der Waals surface area contributed by atoms with E-state index in [0.717, 1.165) is 18.6 Å². The molecule has 0 bridgehead atoms. The summed E-state index contributed by atoms with van der Waals surface area (Å²) in [6, 6.07) is 7.37. The van der Waals surface area contributed by atoms with Crippen molar-refractivity contribution in [1.82, 2.24) is 9.88 Å². The number of aryl methyl sites for hydroxylation is 2. The first-order valence-corrected chi connectivity index (χ1v) is 8.01. The lowest BCUT2D eigenvalue weighted by atomic mass is 9.89. The molecule has 5 heteroatoms. The third-order valence-electron chi connectivity index (χ3n) is 4.54. The van der Waals surface area contributed by atoms with E-state index in [0.29, 0.717) is 30.1 Å². The number of aliphatic hydroxyl groups is 1. The molecule has 1 aliphatic heterocycles. The van der Waals surface area contributed by atoms with Crippen molar-refractivity contribution < 1.29 is 14.3 Å². The van der Waals surface area contributed by atoms with Gasteiger partial charge in [-0.2, -0.15) is 0 Å². The molecule has 23 heavy (non-hydrogen) atoms. The Bertz CT molecular complexity index is 673. The highest BCUT2D eigenvalue weighted by atomic mass is 16.3. The molecule has 0 spiro atoms. The Labute approximate surface area is 135 Å². The Balaban J connectivity index is 1.62. The molecule has 1 fully saturated rings. The summed E-state index contributed by atoms with van der Waals surface area (Å²) in [5.41, 5.74) is 1.35. The predicted molar refractivity (Wildman–Crippen MR) is 86.0 cm³/mol. The van der Waals surface area contributed by atoms with Crippen LogP contribution in [0.4, 0.5) is 0 Å². The largest absolute Gasteiger partial charge is 0.466 e. The zero-order chi connectivity index (χ0) is 16.4. The standard InChI is InChI=1S/C18H22N2O3/c1-12-11-15(13(2)23-12)18(22)20-9-6-14(7-10-20)17(21)16-5-3-4-8-19-16/h3-5,8,11,14,17,21H,6-7,9-10H2,1-2H3. The third kappa shape index (κ3) is 3.29. The minimum absolute atomic E-state index is 0.0186. The maximum absolute atomic E-state index is 12.6. The Morgan fingerprint density at radius 2 is 2.09 bits per heavy atom. The van der Waals surface area contributed by atoms with Gasteiger partial charge in [0, 0.05) is 19.3 Å². The number of aromatic nitrogens is 1. The van der Waals surface area contributed by atoms with Crippen LogP contribution in [0.3, 0.4) is 0 Å². The lowest BCUT2D eigenvalue weighted by Gasteiger charge is -2.34. The van der Waals surface area contributed by atoms with Crippen molar-refractivity contribution in [3.05, 3.63) is 53.2 Å². The van der Waals surface area contributed by atoms with Gasteiger partial charge in [-0.05, 0) is 50.8 Å². The van der Waals surface area contributed by atoms with Crippen molar-refractivity contribution in [2.75, 3.05) is 13.1 Å². The second-order valence-corrected chi connectivity index (χ2v) is 6.16. The molecule has 1 saturated heterocycles. The first-order chi connectivity index (χ1) is 11.1. The summed E-state index contributed by atoms with van der Waals surface area (Å²) < 4.78 is 5.45. The van der Waals surface area contributed by atoms with Crippen LogP contribution in [-0.2, 0) is 0 Å². The molecule has 0 aliphatic carbocycles. The van der Waals surface area contributed by atoms with E-state index in [2.05, 4.69) is 4.98 Å². The maximum Gasteiger partial charge on any atom is 0.257 e. The number of carbonyl (C=O) groups is 1. The quantitative estimate of drug-likeness (QED) is 0.946. The topological polar surface area (TPSA) is 66.6 Å². The first-order valence-electron chi connectivity index (χ1n) is 8.01. The third-order valence-corrected chi connectivity index (χ3v) is 4.54. The molecule has 5 nitrogen and oxygen atoms in total. The van der Waals surface area contributed by atoms with Crippen LogP contribution in [0, 0.1) is 19.8 Å². The highest BCUT2D eigenvalue weighted by molar-refractivity contribution is 5.95. The number of nitrogens with zero attached hydrogens (tertiary/aromatic N) is 2. The molecule has 1 N–H and O–H groups in total. The predicted octanol–water partition coefficient (Wildman–Crippen LogP) is 2.88. The van der Waals surface area contributed by atoms with Crippen molar-refractivity contribution in [3.63, 3.8) is 0 Å². The summed E-state index contributed by atoms with van der Waals surface area (Å²) in [5, 5.41) is 10.5. The van der Waals surface area contributed by atoms with Gasteiger partial charge in [0.15, 0.2) is 0 Å². The average molecular weight is 314 g/mol. The maximum atomic E-state index is 12.6. The van der Waals surface area contributed by atoms with Crippen LogP contribution in [0.1, 0.15) is 46.5 Å². The van der Waals surface area contributed by atoms with Crippen LogP contribution < -0.4 is 0 Å². The van der Waals surface area contributed by atoms with Crippen molar-refractivity contribution in [3.8, 4) is 0 Å². The Kier molecular flexibility index (Phi) is 4.48. The van der Waals surface area contributed by atoms with Crippen LogP contribution in [-0.4, -0.2) is 34.0 Å². The lowest BCUT2D eigenvalue weighted by Crippen LogP contribution is -2.40. The van der Waals surface area contributed by atoms with Crippen LogP contribution in [0.25, 0.3) is 0 Å². The van der Waals surface area contributed by atoms with Crippen molar-refractivity contribution >= 4 is 5.91 Å². The van der Waals surface area contributed by atoms with Gasteiger partial charge in [-0.15, -0.1) is 0 Å². The fourth-order valence-corrected chi connectivity index (χ4v) is 3.22.